The molecule has 1 aliphatic rings. The van der Waals surface area contributed by atoms with Crippen molar-refractivity contribution in [1.82, 2.24) is 5.32 Å². The van der Waals surface area contributed by atoms with Crippen molar-refractivity contribution in [3.63, 3.8) is 0 Å². The van der Waals surface area contributed by atoms with E-state index < -0.39 is 0 Å². The molecule has 0 unspecified atom stereocenters. The lowest BCUT2D eigenvalue weighted by Gasteiger charge is -2.24. The number of aldehydes is 1. The van der Waals surface area contributed by atoms with E-state index in [-0.39, 0.29) is 0 Å². The zero-order chi connectivity index (χ0) is 11.4. The zero-order valence-electron chi connectivity index (χ0n) is 9.53. The summed E-state index contributed by atoms with van der Waals surface area (Å²) >= 11 is 0. The molecule has 1 heterocycles. The van der Waals surface area contributed by atoms with Crippen molar-refractivity contribution in [2.45, 2.75) is 18.8 Å². The summed E-state index contributed by atoms with van der Waals surface area (Å²) in [5.74, 6) is 1.32. The average Bonchev–Trinajstić information content (AvgIpc) is 2.39. The second-order valence-electron chi connectivity index (χ2n) is 4.14. The lowest BCUT2D eigenvalue weighted by atomic mass is 9.87. The highest BCUT2D eigenvalue weighted by molar-refractivity contribution is 5.78. The number of piperidine rings is 1. The van der Waals surface area contributed by atoms with E-state index in [4.69, 9.17) is 4.74 Å². The molecule has 3 nitrogen and oxygen atoms in total. The topological polar surface area (TPSA) is 38.3 Å². The first-order valence-electron chi connectivity index (χ1n) is 5.69. The summed E-state index contributed by atoms with van der Waals surface area (Å²) in [6.07, 6.45) is 3.12. The molecular formula is C13H17NO2. The molecule has 0 saturated carbocycles. The number of methoxy groups -OCH3 is 1. The summed E-state index contributed by atoms with van der Waals surface area (Å²) in [6.45, 7) is 2.06. The predicted octanol–water partition coefficient (Wildman–Crippen LogP) is 1.97. The summed E-state index contributed by atoms with van der Waals surface area (Å²) in [4.78, 5) is 11.0. The summed E-state index contributed by atoms with van der Waals surface area (Å²) < 4.78 is 5.21. The standard InChI is InChI=1S/C13H17NO2/c1-16-12-3-2-11(9-15)13(8-12)10-4-6-14-7-5-10/h2-3,8-10,14H,4-7H2,1H3. The molecule has 16 heavy (non-hydrogen) atoms. The van der Waals surface area contributed by atoms with Crippen LogP contribution in [0.2, 0.25) is 0 Å². The maximum absolute atomic E-state index is 11.0. The van der Waals surface area contributed by atoms with Gasteiger partial charge in [-0.25, -0.2) is 0 Å². The molecule has 0 bridgehead atoms. The van der Waals surface area contributed by atoms with Crippen molar-refractivity contribution in [2.24, 2.45) is 0 Å². The van der Waals surface area contributed by atoms with E-state index in [1.165, 1.54) is 0 Å². The molecule has 1 fully saturated rings. The number of benzene rings is 1. The normalized spacial score (nSPS) is 17.1. The summed E-state index contributed by atoms with van der Waals surface area (Å²) in [5, 5.41) is 3.33. The van der Waals surface area contributed by atoms with E-state index >= 15 is 0 Å². The van der Waals surface area contributed by atoms with Crippen molar-refractivity contribution in [3.8, 4) is 5.75 Å². The van der Waals surface area contributed by atoms with Crippen molar-refractivity contribution < 1.29 is 9.53 Å². The van der Waals surface area contributed by atoms with Crippen LogP contribution in [0.5, 0.6) is 5.75 Å². The minimum atomic E-state index is 0.483. The van der Waals surface area contributed by atoms with E-state index in [2.05, 4.69) is 5.32 Å². The molecule has 1 aliphatic heterocycles. The summed E-state index contributed by atoms with van der Waals surface area (Å²) in [6, 6.07) is 5.69. The molecule has 86 valence electrons. The molecule has 1 aromatic carbocycles. The third-order valence-electron chi connectivity index (χ3n) is 3.20. The van der Waals surface area contributed by atoms with Gasteiger partial charge in [0.2, 0.25) is 0 Å². The second-order valence-corrected chi connectivity index (χ2v) is 4.14. The van der Waals surface area contributed by atoms with Gasteiger partial charge in [0.1, 0.15) is 12.0 Å². The Labute approximate surface area is 95.8 Å². The first-order chi connectivity index (χ1) is 7.85. The minimum absolute atomic E-state index is 0.483. The van der Waals surface area contributed by atoms with Crippen molar-refractivity contribution in [3.05, 3.63) is 29.3 Å². The third kappa shape index (κ3) is 2.25. The van der Waals surface area contributed by atoms with Crippen LogP contribution in [0.25, 0.3) is 0 Å². The van der Waals surface area contributed by atoms with Gasteiger partial charge in [0, 0.05) is 5.56 Å². The monoisotopic (exact) mass is 219 g/mol. The van der Waals surface area contributed by atoms with Gasteiger partial charge in [0.05, 0.1) is 7.11 Å². The Morgan fingerprint density at radius 3 is 2.75 bits per heavy atom. The maximum atomic E-state index is 11.0. The van der Waals surface area contributed by atoms with E-state index in [1.807, 2.05) is 18.2 Å². The average molecular weight is 219 g/mol. The van der Waals surface area contributed by atoms with Crippen LogP contribution in [-0.2, 0) is 0 Å². The largest absolute Gasteiger partial charge is 0.497 e. The van der Waals surface area contributed by atoms with Crippen LogP contribution in [0, 0.1) is 0 Å². The molecule has 0 radical (unpaired) electrons. The second kappa shape index (κ2) is 5.12. The third-order valence-corrected chi connectivity index (χ3v) is 3.20. The van der Waals surface area contributed by atoms with Crippen LogP contribution < -0.4 is 10.1 Å². The van der Waals surface area contributed by atoms with Gasteiger partial charge in [-0.15, -0.1) is 0 Å². The van der Waals surface area contributed by atoms with Gasteiger partial charge >= 0.3 is 0 Å². The Kier molecular flexibility index (Phi) is 3.57. The van der Waals surface area contributed by atoms with Crippen LogP contribution in [0.3, 0.4) is 0 Å². The molecule has 0 aliphatic carbocycles. The smallest absolute Gasteiger partial charge is 0.150 e. The Morgan fingerprint density at radius 1 is 1.38 bits per heavy atom. The van der Waals surface area contributed by atoms with Crippen LogP contribution in [0.1, 0.15) is 34.7 Å². The van der Waals surface area contributed by atoms with E-state index in [1.54, 1.807) is 7.11 Å². The number of nitrogens with one attached hydrogen (secondary N) is 1. The molecule has 0 atom stereocenters. The van der Waals surface area contributed by atoms with Crippen LogP contribution in [-0.4, -0.2) is 26.5 Å². The first kappa shape index (κ1) is 11.1. The van der Waals surface area contributed by atoms with Crippen LogP contribution >= 0.6 is 0 Å². The van der Waals surface area contributed by atoms with Gasteiger partial charge in [-0.3, -0.25) is 4.79 Å². The van der Waals surface area contributed by atoms with Gasteiger partial charge < -0.3 is 10.1 Å². The fourth-order valence-electron chi connectivity index (χ4n) is 2.27. The van der Waals surface area contributed by atoms with Gasteiger partial charge in [-0.05, 0) is 55.6 Å². The highest BCUT2D eigenvalue weighted by Gasteiger charge is 2.18. The fourth-order valence-corrected chi connectivity index (χ4v) is 2.27. The number of carbonyl (C=O) groups excluding carboxylic acids is 1. The molecule has 0 spiro atoms. The summed E-state index contributed by atoms with van der Waals surface area (Å²) in [7, 11) is 1.65. The first-order valence-corrected chi connectivity index (χ1v) is 5.69. The van der Waals surface area contributed by atoms with Gasteiger partial charge in [-0.2, -0.15) is 0 Å². The zero-order valence-corrected chi connectivity index (χ0v) is 9.53. The Balaban J connectivity index is 2.31. The molecule has 0 amide bonds. The molecule has 0 aromatic heterocycles. The molecule has 1 saturated heterocycles. The van der Waals surface area contributed by atoms with E-state index in [9.17, 15) is 4.79 Å². The lowest BCUT2D eigenvalue weighted by molar-refractivity contribution is 0.112. The SMILES string of the molecule is COc1ccc(C=O)c(C2CCNCC2)c1. The van der Waals surface area contributed by atoms with Crippen molar-refractivity contribution in [1.29, 1.82) is 0 Å². The van der Waals surface area contributed by atoms with E-state index in [0.717, 1.165) is 49.1 Å². The summed E-state index contributed by atoms with van der Waals surface area (Å²) in [5.41, 5.74) is 1.93. The maximum Gasteiger partial charge on any atom is 0.150 e. The number of carbonyl (C=O) groups is 1. The number of hydrogen-bond acceptors (Lipinski definition) is 3. The molecule has 1 aromatic rings. The molecule has 3 heteroatoms. The van der Waals surface area contributed by atoms with Crippen molar-refractivity contribution >= 4 is 6.29 Å². The van der Waals surface area contributed by atoms with Crippen molar-refractivity contribution in [2.75, 3.05) is 20.2 Å². The lowest BCUT2D eigenvalue weighted by Crippen LogP contribution is -2.27. The highest BCUT2D eigenvalue weighted by Crippen LogP contribution is 2.30. The number of ether oxygens (including phenoxy) is 1. The molecular weight excluding hydrogens is 202 g/mol. The van der Waals surface area contributed by atoms with Gasteiger partial charge in [0.15, 0.2) is 0 Å². The Bertz CT molecular complexity index is 370. The van der Waals surface area contributed by atoms with E-state index in [0.29, 0.717) is 5.92 Å². The Morgan fingerprint density at radius 2 is 2.12 bits per heavy atom. The molecule has 2 rings (SSSR count). The van der Waals surface area contributed by atoms with Gasteiger partial charge in [0.25, 0.3) is 0 Å². The minimum Gasteiger partial charge on any atom is -0.497 e. The quantitative estimate of drug-likeness (QED) is 0.790. The highest BCUT2D eigenvalue weighted by atomic mass is 16.5. The van der Waals surface area contributed by atoms with Gasteiger partial charge in [-0.1, -0.05) is 0 Å². The number of rotatable bonds is 3. The fraction of sp³-hybridized carbons (Fsp3) is 0.462. The predicted molar refractivity (Wildman–Crippen MR) is 63.2 cm³/mol. The van der Waals surface area contributed by atoms with Crippen LogP contribution in [0.15, 0.2) is 18.2 Å². The number of hydrogen-bond donors (Lipinski definition) is 1. The molecule has 1 N–H and O–H groups in total. The Hall–Kier alpha value is -1.35. The van der Waals surface area contributed by atoms with Crippen LogP contribution in [0.4, 0.5) is 0 Å².